The van der Waals surface area contributed by atoms with Crippen molar-refractivity contribution < 1.29 is 9.53 Å². The van der Waals surface area contributed by atoms with E-state index in [2.05, 4.69) is 38.1 Å². The Morgan fingerprint density at radius 2 is 2.22 bits per heavy atom. The number of hydrogen-bond donors (Lipinski definition) is 3. The number of nitrogens with one attached hydrogen (secondary N) is 3. The fraction of sp³-hybridized carbons (Fsp3) is 0.350. The molecule has 0 radical (unpaired) electrons. The number of ether oxygens (including phenoxy) is 1. The van der Waals surface area contributed by atoms with E-state index in [-0.39, 0.29) is 12.5 Å². The summed E-state index contributed by atoms with van der Waals surface area (Å²) in [7, 11) is 0. The predicted octanol–water partition coefficient (Wildman–Crippen LogP) is 1.75. The van der Waals surface area contributed by atoms with Gasteiger partial charge in [0.25, 0.3) is 0 Å². The molecule has 2 aromatic rings. The number of amides is 1. The molecule has 3 N–H and O–H groups in total. The summed E-state index contributed by atoms with van der Waals surface area (Å²) in [5.74, 6) is 1.45. The molecule has 0 spiro atoms. The fourth-order valence-electron chi connectivity index (χ4n) is 2.85. The van der Waals surface area contributed by atoms with Crippen LogP contribution in [0.4, 0.5) is 5.69 Å². The van der Waals surface area contributed by atoms with Crippen LogP contribution < -0.4 is 20.7 Å². The van der Waals surface area contributed by atoms with Crippen LogP contribution in [-0.4, -0.2) is 43.1 Å². The average Bonchev–Trinajstić information content (AvgIpc) is 3.15. The zero-order chi connectivity index (χ0) is 18.9. The van der Waals surface area contributed by atoms with Gasteiger partial charge in [0, 0.05) is 25.7 Å². The van der Waals surface area contributed by atoms with Crippen LogP contribution in [0.5, 0.6) is 5.75 Å². The van der Waals surface area contributed by atoms with E-state index in [1.165, 1.54) is 11.1 Å². The highest BCUT2D eigenvalue weighted by atomic mass is 16.5. The maximum absolute atomic E-state index is 12.0. The molecule has 0 aliphatic carbocycles. The number of rotatable bonds is 7. The van der Waals surface area contributed by atoms with E-state index in [4.69, 9.17) is 4.74 Å². The Balaban J connectivity index is 1.47. The van der Waals surface area contributed by atoms with Crippen LogP contribution in [0.1, 0.15) is 18.1 Å². The second-order valence-corrected chi connectivity index (χ2v) is 6.20. The van der Waals surface area contributed by atoms with Crippen molar-refractivity contribution in [2.75, 3.05) is 31.6 Å². The van der Waals surface area contributed by atoms with Crippen LogP contribution >= 0.6 is 0 Å². The summed E-state index contributed by atoms with van der Waals surface area (Å²) in [5.41, 5.74) is 3.20. The van der Waals surface area contributed by atoms with Crippen LogP contribution in [0.15, 0.2) is 47.7 Å². The molecule has 0 saturated carbocycles. The summed E-state index contributed by atoms with van der Waals surface area (Å²) < 4.78 is 5.54. The minimum Gasteiger partial charge on any atom is -0.493 e. The Kier molecular flexibility index (Phi) is 6.62. The number of aliphatic imine (C=N–C) groups is 1. The first-order valence-electron chi connectivity index (χ1n) is 9.21. The molecule has 1 aromatic carbocycles. The smallest absolute Gasteiger partial charge is 0.246 e. The minimum atomic E-state index is -0.182. The van der Waals surface area contributed by atoms with E-state index in [1.807, 2.05) is 13.0 Å². The van der Waals surface area contributed by atoms with Crippen molar-refractivity contribution >= 4 is 17.6 Å². The number of carbonyl (C=O) groups is 1. The third kappa shape index (κ3) is 5.70. The summed E-state index contributed by atoms with van der Waals surface area (Å²) >= 11 is 0. The van der Waals surface area contributed by atoms with Gasteiger partial charge in [0.2, 0.25) is 5.91 Å². The lowest BCUT2D eigenvalue weighted by Crippen LogP contribution is -2.39. The van der Waals surface area contributed by atoms with Gasteiger partial charge in [-0.25, -0.2) is 4.99 Å². The SMILES string of the molecule is CCNC(=NCC(=O)Nc1cccnc1)NCCc1ccc2c(c1)CCO2. The number of benzene rings is 1. The molecule has 3 rings (SSSR count). The maximum atomic E-state index is 12.0. The van der Waals surface area contributed by atoms with Crippen LogP contribution in [-0.2, 0) is 17.6 Å². The van der Waals surface area contributed by atoms with E-state index in [0.717, 1.165) is 38.3 Å². The van der Waals surface area contributed by atoms with E-state index >= 15 is 0 Å². The molecule has 7 heteroatoms. The molecule has 1 aromatic heterocycles. The van der Waals surface area contributed by atoms with Crippen molar-refractivity contribution in [3.63, 3.8) is 0 Å². The monoisotopic (exact) mass is 367 g/mol. The quantitative estimate of drug-likeness (QED) is 0.513. The van der Waals surface area contributed by atoms with Crippen molar-refractivity contribution in [3.8, 4) is 5.75 Å². The van der Waals surface area contributed by atoms with Crippen LogP contribution in [0.25, 0.3) is 0 Å². The summed E-state index contributed by atoms with van der Waals surface area (Å²) in [6, 6.07) is 9.90. The molecule has 1 aliphatic heterocycles. The molecule has 0 unspecified atom stereocenters. The molecule has 0 saturated heterocycles. The van der Waals surface area contributed by atoms with Gasteiger partial charge in [-0.1, -0.05) is 12.1 Å². The van der Waals surface area contributed by atoms with Crippen molar-refractivity contribution in [3.05, 3.63) is 53.9 Å². The normalized spacial score (nSPS) is 12.9. The average molecular weight is 367 g/mol. The third-order valence-electron chi connectivity index (χ3n) is 4.13. The highest BCUT2D eigenvalue weighted by Gasteiger charge is 2.11. The highest BCUT2D eigenvalue weighted by Crippen LogP contribution is 2.25. The number of aromatic nitrogens is 1. The van der Waals surface area contributed by atoms with Gasteiger partial charge >= 0.3 is 0 Å². The van der Waals surface area contributed by atoms with E-state index in [0.29, 0.717) is 11.6 Å². The number of fused-ring (bicyclic) bond motifs is 1. The molecular formula is C20H25N5O2. The molecule has 1 amide bonds. The number of nitrogens with zero attached hydrogens (tertiary/aromatic N) is 2. The lowest BCUT2D eigenvalue weighted by molar-refractivity contribution is -0.114. The summed E-state index contributed by atoms with van der Waals surface area (Å²) in [5, 5.41) is 9.20. The Bertz CT molecular complexity index is 792. The fourth-order valence-corrected chi connectivity index (χ4v) is 2.85. The number of carbonyl (C=O) groups excluding carboxylic acids is 1. The lowest BCUT2D eigenvalue weighted by atomic mass is 10.1. The Hall–Kier alpha value is -3.09. The Labute approximate surface area is 159 Å². The molecule has 0 fully saturated rings. The molecule has 0 atom stereocenters. The van der Waals surface area contributed by atoms with Crippen LogP contribution in [0.2, 0.25) is 0 Å². The molecule has 0 bridgehead atoms. The summed E-state index contributed by atoms with van der Waals surface area (Å²) in [6.07, 6.45) is 5.12. The molecular weight excluding hydrogens is 342 g/mol. The van der Waals surface area contributed by atoms with Gasteiger partial charge < -0.3 is 20.7 Å². The molecule has 1 aliphatic rings. The first-order chi connectivity index (χ1) is 13.2. The number of pyridine rings is 1. The van der Waals surface area contributed by atoms with Gasteiger partial charge in [-0.3, -0.25) is 9.78 Å². The molecule has 27 heavy (non-hydrogen) atoms. The summed E-state index contributed by atoms with van der Waals surface area (Å²) in [6.45, 7) is 4.27. The van der Waals surface area contributed by atoms with Gasteiger partial charge in [0.05, 0.1) is 18.5 Å². The largest absolute Gasteiger partial charge is 0.493 e. The first-order valence-corrected chi connectivity index (χ1v) is 9.21. The van der Waals surface area contributed by atoms with Gasteiger partial charge in [-0.05, 0) is 42.7 Å². The van der Waals surface area contributed by atoms with E-state index in [9.17, 15) is 4.79 Å². The number of anilines is 1. The Morgan fingerprint density at radius 3 is 3.04 bits per heavy atom. The van der Waals surface area contributed by atoms with Gasteiger partial charge in [0.15, 0.2) is 5.96 Å². The number of hydrogen-bond acceptors (Lipinski definition) is 4. The first kappa shape index (κ1) is 18.7. The number of guanidine groups is 1. The highest BCUT2D eigenvalue weighted by molar-refractivity contribution is 5.93. The topological polar surface area (TPSA) is 87.6 Å². The van der Waals surface area contributed by atoms with Gasteiger partial charge in [-0.2, -0.15) is 0 Å². The standard InChI is InChI=1S/C20H25N5O2/c1-2-22-20(24-14-19(26)25-17-4-3-9-21-13-17)23-10-7-15-5-6-18-16(12-15)8-11-27-18/h3-6,9,12-13H,2,7-8,10-11,14H2,1H3,(H,25,26)(H2,22,23,24). The van der Waals surface area contributed by atoms with E-state index in [1.54, 1.807) is 24.5 Å². The second-order valence-electron chi connectivity index (χ2n) is 6.20. The van der Waals surface area contributed by atoms with Crippen molar-refractivity contribution in [1.82, 2.24) is 15.6 Å². The molecule has 142 valence electrons. The zero-order valence-electron chi connectivity index (χ0n) is 15.5. The maximum Gasteiger partial charge on any atom is 0.246 e. The second kappa shape index (κ2) is 9.56. The van der Waals surface area contributed by atoms with Crippen LogP contribution in [0.3, 0.4) is 0 Å². The van der Waals surface area contributed by atoms with Crippen molar-refractivity contribution in [2.24, 2.45) is 4.99 Å². The molecule has 2 heterocycles. The van der Waals surface area contributed by atoms with Gasteiger partial charge in [-0.15, -0.1) is 0 Å². The van der Waals surface area contributed by atoms with Crippen molar-refractivity contribution in [2.45, 2.75) is 19.8 Å². The van der Waals surface area contributed by atoms with Gasteiger partial charge in [0.1, 0.15) is 12.3 Å². The summed E-state index contributed by atoms with van der Waals surface area (Å²) in [4.78, 5) is 20.3. The third-order valence-corrected chi connectivity index (χ3v) is 4.13. The minimum absolute atomic E-state index is 0.0421. The zero-order valence-corrected chi connectivity index (χ0v) is 15.5. The van der Waals surface area contributed by atoms with E-state index < -0.39 is 0 Å². The molecule has 7 nitrogen and oxygen atoms in total. The van der Waals surface area contributed by atoms with Crippen LogP contribution in [0, 0.1) is 0 Å². The lowest BCUT2D eigenvalue weighted by Gasteiger charge is -2.12. The van der Waals surface area contributed by atoms with Crippen molar-refractivity contribution in [1.29, 1.82) is 0 Å². The Morgan fingerprint density at radius 1 is 1.30 bits per heavy atom. The predicted molar refractivity (Wildman–Crippen MR) is 106 cm³/mol.